The number of para-hydroxylation sites is 1. The Morgan fingerprint density at radius 1 is 1.13 bits per heavy atom. The molecule has 6 atom stereocenters. The average Bonchev–Trinajstić information content (AvgIpc) is 3.03. The summed E-state index contributed by atoms with van der Waals surface area (Å²) in [6.45, 7) is 2.99. The molecule has 2 fully saturated rings. The van der Waals surface area contributed by atoms with Crippen LogP contribution in [0.3, 0.4) is 0 Å². The maximum atomic E-state index is 11.3. The van der Waals surface area contributed by atoms with Crippen LogP contribution >= 0.6 is 0 Å². The lowest BCUT2D eigenvalue weighted by atomic mass is 9.55. The zero-order valence-electron chi connectivity index (χ0n) is 17.7. The van der Waals surface area contributed by atoms with Crippen LogP contribution in [0.2, 0.25) is 0 Å². The van der Waals surface area contributed by atoms with Crippen LogP contribution in [0.4, 0.5) is 0 Å². The minimum Gasteiger partial charge on any atom is -0.508 e. The summed E-state index contributed by atoms with van der Waals surface area (Å²) in [5, 5.41) is 34.4. The monoisotopic (exact) mass is 407 g/mol. The summed E-state index contributed by atoms with van der Waals surface area (Å²) in [5.41, 5.74) is 4.75. The van der Waals surface area contributed by atoms with E-state index in [1.54, 1.807) is 6.07 Å². The topological polar surface area (TPSA) is 72.7 Å². The molecule has 3 aliphatic carbocycles. The van der Waals surface area contributed by atoms with E-state index in [1.807, 2.05) is 18.2 Å². The van der Waals surface area contributed by atoms with Gasteiger partial charge in [0.2, 0.25) is 0 Å². The van der Waals surface area contributed by atoms with Gasteiger partial charge in [-0.2, -0.15) is 0 Å². The summed E-state index contributed by atoms with van der Waals surface area (Å²) in [5.74, 6) is 2.01. The lowest BCUT2D eigenvalue weighted by Gasteiger charge is -2.50. The third-order valence-electron chi connectivity index (χ3n) is 8.52. The van der Waals surface area contributed by atoms with Crippen LogP contribution < -0.4 is 5.32 Å². The van der Waals surface area contributed by atoms with Gasteiger partial charge in [-0.3, -0.25) is 0 Å². The van der Waals surface area contributed by atoms with Crippen molar-refractivity contribution >= 4 is 0 Å². The Morgan fingerprint density at radius 2 is 1.97 bits per heavy atom. The molecule has 0 saturated heterocycles. The molecule has 0 heterocycles. The number of phenols is 1. The first-order valence-electron chi connectivity index (χ1n) is 11.4. The lowest BCUT2D eigenvalue weighted by molar-refractivity contribution is -0.0281. The Labute approximate surface area is 179 Å². The van der Waals surface area contributed by atoms with Crippen molar-refractivity contribution in [2.75, 3.05) is 0 Å². The second kappa shape index (κ2) is 7.67. The zero-order valence-corrected chi connectivity index (χ0v) is 17.7. The second-order valence-electron chi connectivity index (χ2n) is 9.95. The van der Waals surface area contributed by atoms with Crippen LogP contribution in [-0.2, 0) is 19.6 Å². The normalized spacial score (nSPS) is 34.8. The van der Waals surface area contributed by atoms with Crippen LogP contribution in [0.15, 0.2) is 42.5 Å². The number of hydrogen-bond acceptors (Lipinski definition) is 4. The maximum Gasteiger partial charge on any atom is 0.120 e. The number of fused-ring (bicyclic) bond motifs is 5. The molecule has 3 aliphatic rings. The molecule has 160 valence electrons. The van der Waals surface area contributed by atoms with Crippen molar-refractivity contribution in [1.29, 1.82) is 0 Å². The molecule has 30 heavy (non-hydrogen) atoms. The fraction of sp³-hybridized carbons (Fsp3) is 0.538. The van der Waals surface area contributed by atoms with Crippen molar-refractivity contribution < 1.29 is 15.3 Å². The minimum atomic E-state index is -0.354. The number of phenolic OH excluding ortho intramolecular Hbond substituents is 1. The van der Waals surface area contributed by atoms with E-state index in [-0.39, 0.29) is 24.2 Å². The van der Waals surface area contributed by atoms with Crippen LogP contribution in [0.5, 0.6) is 5.75 Å². The number of hydrogen-bond donors (Lipinski definition) is 4. The van der Waals surface area contributed by atoms with Gasteiger partial charge < -0.3 is 20.6 Å². The Balaban J connectivity index is 1.35. The molecule has 5 rings (SSSR count). The summed E-state index contributed by atoms with van der Waals surface area (Å²) in [4.78, 5) is 0. The van der Waals surface area contributed by atoms with Gasteiger partial charge in [0.15, 0.2) is 0 Å². The van der Waals surface area contributed by atoms with Crippen molar-refractivity contribution in [3.05, 3.63) is 64.7 Å². The van der Waals surface area contributed by atoms with Crippen molar-refractivity contribution in [1.82, 2.24) is 5.32 Å². The molecule has 0 aliphatic heterocycles. The van der Waals surface area contributed by atoms with Gasteiger partial charge in [0.25, 0.3) is 0 Å². The Morgan fingerprint density at radius 3 is 2.77 bits per heavy atom. The van der Waals surface area contributed by atoms with Gasteiger partial charge in [0.05, 0.1) is 12.7 Å². The first-order valence-corrected chi connectivity index (χ1v) is 11.4. The number of aryl methyl sites for hydroxylation is 1. The van der Waals surface area contributed by atoms with Crippen LogP contribution in [-0.4, -0.2) is 27.5 Å². The van der Waals surface area contributed by atoms with Crippen molar-refractivity contribution in [2.45, 2.75) is 70.2 Å². The Bertz CT molecular complexity index is 928. The SMILES string of the molecule is C[C@]12CCC3c4ccc(CO)cc4CCC3C1C[C@@H](NCc1ccccc1O)[C@H]2O. The standard InChI is InChI=1S/C26H33NO3/c1-26-11-10-20-19-8-6-16(15-28)12-17(19)7-9-21(20)22(26)13-23(25(26)30)27-14-18-4-2-3-5-24(18)29/h2-6,8,12,20-23,25,27-30H,7,9-11,13-15H2,1H3/t20?,21?,22?,23-,25-,26+/m1/s1. The van der Waals surface area contributed by atoms with Gasteiger partial charge in [-0.25, -0.2) is 0 Å². The number of aliphatic hydroxyl groups excluding tert-OH is 2. The molecule has 2 aromatic carbocycles. The number of nitrogens with one attached hydrogen (secondary N) is 1. The highest BCUT2D eigenvalue weighted by Crippen LogP contribution is 2.60. The van der Waals surface area contributed by atoms with E-state index in [4.69, 9.17) is 0 Å². The predicted octanol–water partition coefficient (Wildman–Crippen LogP) is 3.87. The van der Waals surface area contributed by atoms with Crippen molar-refractivity contribution in [3.63, 3.8) is 0 Å². The highest BCUT2D eigenvalue weighted by Gasteiger charge is 2.57. The quantitative estimate of drug-likeness (QED) is 0.621. The summed E-state index contributed by atoms with van der Waals surface area (Å²) >= 11 is 0. The van der Waals surface area contributed by atoms with Crippen molar-refractivity contribution in [2.24, 2.45) is 17.3 Å². The molecular weight excluding hydrogens is 374 g/mol. The summed E-state index contributed by atoms with van der Waals surface area (Å²) in [6, 6.07) is 14.0. The Kier molecular flexibility index (Phi) is 5.12. The van der Waals surface area contributed by atoms with Gasteiger partial charge in [-0.1, -0.05) is 43.3 Å². The predicted molar refractivity (Wildman–Crippen MR) is 117 cm³/mol. The van der Waals surface area contributed by atoms with Gasteiger partial charge in [0, 0.05) is 18.2 Å². The van der Waals surface area contributed by atoms with E-state index in [9.17, 15) is 15.3 Å². The summed E-state index contributed by atoms with van der Waals surface area (Å²) < 4.78 is 0. The Hall–Kier alpha value is -1.88. The summed E-state index contributed by atoms with van der Waals surface area (Å²) in [6.07, 6.45) is 5.07. The maximum absolute atomic E-state index is 11.3. The van der Waals surface area contributed by atoms with E-state index < -0.39 is 0 Å². The fourth-order valence-corrected chi connectivity index (χ4v) is 6.85. The number of aliphatic hydroxyl groups is 2. The number of benzene rings is 2. The van der Waals surface area contributed by atoms with E-state index in [0.717, 1.165) is 36.8 Å². The van der Waals surface area contributed by atoms with Crippen LogP contribution in [0.25, 0.3) is 0 Å². The highest BCUT2D eigenvalue weighted by molar-refractivity contribution is 5.38. The molecule has 3 unspecified atom stereocenters. The molecule has 2 saturated carbocycles. The number of rotatable bonds is 4. The third-order valence-corrected chi connectivity index (χ3v) is 8.52. The van der Waals surface area contributed by atoms with Crippen molar-refractivity contribution in [3.8, 4) is 5.75 Å². The minimum absolute atomic E-state index is 0.0416. The van der Waals surface area contributed by atoms with Gasteiger partial charge >= 0.3 is 0 Å². The molecule has 4 nitrogen and oxygen atoms in total. The zero-order chi connectivity index (χ0) is 20.9. The summed E-state index contributed by atoms with van der Waals surface area (Å²) in [7, 11) is 0. The molecule has 0 aromatic heterocycles. The van der Waals surface area contributed by atoms with Crippen LogP contribution in [0.1, 0.15) is 60.8 Å². The first kappa shape index (κ1) is 20.0. The van der Waals surface area contributed by atoms with Gasteiger partial charge in [-0.05, 0) is 78.0 Å². The van der Waals surface area contributed by atoms with E-state index in [1.165, 1.54) is 17.5 Å². The lowest BCUT2D eigenvalue weighted by Crippen LogP contribution is -2.46. The van der Waals surface area contributed by atoms with E-state index >= 15 is 0 Å². The average molecular weight is 408 g/mol. The fourth-order valence-electron chi connectivity index (χ4n) is 6.85. The smallest absolute Gasteiger partial charge is 0.120 e. The van der Waals surface area contributed by atoms with Crippen LogP contribution in [0, 0.1) is 17.3 Å². The van der Waals surface area contributed by atoms with E-state index in [0.29, 0.717) is 30.0 Å². The molecule has 2 aromatic rings. The number of aromatic hydroxyl groups is 1. The highest BCUT2D eigenvalue weighted by atomic mass is 16.3. The molecule has 0 radical (unpaired) electrons. The third kappa shape index (κ3) is 3.17. The molecule has 4 N–H and O–H groups in total. The first-order chi connectivity index (χ1) is 14.5. The van der Waals surface area contributed by atoms with Gasteiger partial charge in [0.1, 0.15) is 5.75 Å². The molecule has 0 spiro atoms. The second-order valence-corrected chi connectivity index (χ2v) is 9.95. The molecule has 0 amide bonds. The molecule has 4 heteroatoms. The largest absolute Gasteiger partial charge is 0.508 e. The van der Waals surface area contributed by atoms with E-state index in [2.05, 4.69) is 30.4 Å². The van der Waals surface area contributed by atoms with Gasteiger partial charge in [-0.15, -0.1) is 0 Å². The molecular formula is C26H33NO3. The molecule has 0 bridgehead atoms.